The number of aromatic nitrogens is 1. The highest BCUT2D eigenvalue weighted by Gasteiger charge is 2.36. The van der Waals surface area contributed by atoms with E-state index in [0.29, 0.717) is 20.5 Å². The Labute approximate surface area is 200 Å². The number of aryl methyl sites for hydroxylation is 1. The SMILES string of the molecule is COc1cccc(-n2c(C)cc(/C=C3\SC(=O)N(Cc4c(Cl)cccc4Cl)C3=O)c2C)c1. The molecular formula is C24H20Cl2N2O3S. The van der Waals surface area contributed by atoms with E-state index < -0.39 is 0 Å². The minimum Gasteiger partial charge on any atom is -0.497 e. The summed E-state index contributed by atoms with van der Waals surface area (Å²) >= 11 is 13.4. The zero-order valence-corrected chi connectivity index (χ0v) is 20.0. The summed E-state index contributed by atoms with van der Waals surface area (Å²) in [6.45, 7) is 4.00. The van der Waals surface area contributed by atoms with E-state index in [1.807, 2.05) is 44.2 Å². The molecule has 2 aromatic carbocycles. The monoisotopic (exact) mass is 486 g/mol. The van der Waals surface area contributed by atoms with Crippen molar-refractivity contribution >= 4 is 52.2 Å². The van der Waals surface area contributed by atoms with Crippen molar-refractivity contribution < 1.29 is 14.3 Å². The molecule has 2 heterocycles. The molecule has 32 heavy (non-hydrogen) atoms. The third-order valence-electron chi connectivity index (χ3n) is 5.32. The molecule has 1 aromatic heterocycles. The highest BCUT2D eigenvalue weighted by molar-refractivity contribution is 8.18. The summed E-state index contributed by atoms with van der Waals surface area (Å²) in [5.41, 5.74) is 4.34. The van der Waals surface area contributed by atoms with Crippen molar-refractivity contribution in [1.82, 2.24) is 9.47 Å². The Balaban J connectivity index is 1.65. The van der Waals surface area contributed by atoms with E-state index in [1.165, 1.54) is 4.90 Å². The van der Waals surface area contributed by atoms with E-state index >= 15 is 0 Å². The Morgan fingerprint density at radius 1 is 1.03 bits per heavy atom. The number of carbonyl (C=O) groups is 2. The standard InChI is InChI=1S/C24H20Cl2N2O3S/c1-14-10-16(15(2)28(14)17-6-4-7-18(12-17)31-3)11-22-23(29)27(24(30)32-22)13-19-20(25)8-5-9-21(19)26/h4-12H,13H2,1-3H3/b22-11-. The molecule has 0 spiro atoms. The maximum Gasteiger partial charge on any atom is 0.293 e. The summed E-state index contributed by atoms with van der Waals surface area (Å²) in [6, 6.07) is 14.8. The number of rotatable bonds is 5. The maximum absolute atomic E-state index is 13.0. The first kappa shape index (κ1) is 22.5. The summed E-state index contributed by atoms with van der Waals surface area (Å²) in [5.74, 6) is 0.401. The molecule has 0 radical (unpaired) electrons. The fourth-order valence-electron chi connectivity index (χ4n) is 3.70. The van der Waals surface area contributed by atoms with Crippen LogP contribution >= 0.6 is 35.0 Å². The molecule has 2 amide bonds. The number of methoxy groups -OCH3 is 1. The number of nitrogens with zero attached hydrogens (tertiary/aromatic N) is 2. The average Bonchev–Trinajstić information content (AvgIpc) is 3.19. The van der Waals surface area contributed by atoms with Crippen LogP contribution in [0.25, 0.3) is 11.8 Å². The van der Waals surface area contributed by atoms with Crippen LogP contribution in [0.15, 0.2) is 53.4 Å². The van der Waals surface area contributed by atoms with E-state index in [2.05, 4.69) is 4.57 Å². The number of amides is 2. The van der Waals surface area contributed by atoms with Gasteiger partial charge in [-0.2, -0.15) is 0 Å². The number of thioether (sulfide) groups is 1. The third-order valence-corrected chi connectivity index (χ3v) is 6.94. The quantitative estimate of drug-likeness (QED) is 0.379. The number of imide groups is 1. The summed E-state index contributed by atoms with van der Waals surface area (Å²) in [5, 5.41) is 0.489. The largest absolute Gasteiger partial charge is 0.497 e. The van der Waals surface area contributed by atoms with Gasteiger partial charge in [0.1, 0.15) is 5.75 Å². The minimum absolute atomic E-state index is 0.0311. The summed E-state index contributed by atoms with van der Waals surface area (Å²) in [4.78, 5) is 27.1. The first-order valence-corrected chi connectivity index (χ1v) is 11.4. The molecule has 3 aromatic rings. The van der Waals surface area contributed by atoms with Gasteiger partial charge >= 0.3 is 0 Å². The average molecular weight is 487 g/mol. The van der Waals surface area contributed by atoms with Crippen molar-refractivity contribution in [3.05, 3.63) is 86.0 Å². The minimum atomic E-state index is -0.359. The van der Waals surface area contributed by atoms with Crippen LogP contribution in [0.4, 0.5) is 4.79 Å². The molecule has 1 saturated heterocycles. The van der Waals surface area contributed by atoms with Crippen LogP contribution in [0.1, 0.15) is 22.5 Å². The van der Waals surface area contributed by atoms with Crippen LogP contribution in [0.5, 0.6) is 5.75 Å². The molecule has 0 saturated carbocycles. The lowest BCUT2D eigenvalue weighted by atomic mass is 10.2. The lowest BCUT2D eigenvalue weighted by Crippen LogP contribution is -2.27. The Morgan fingerprint density at radius 3 is 2.41 bits per heavy atom. The van der Waals surface area contributed by atoms with Gasteiger partial charge in [-0.15, -0.1) is 0 Å². The smallest absolute Gasteiger partial charge is 0.293 e. The van der Waals surface area contributed by atoms with Gasteiger partial charge in [0, 0.05) is 38.8 Å². The predicted molar refractivity (Wildman–Crippen MR) is 130 cm³/mol. The van der Waals surface area contributed by atoms with Crippen molar-refractivity contribution in [3.8, 4) is 11.4 Å². The Morgan fingerprint density at radius 2 is 1.72 bits per heavy atom. The maximum atomic E-state index is 13.0. The Hall–Kier alpha value is -2.67. The number of ether oxygens (including phenoxy) is 1. The number of carbonyl (C=O) groups excluding carboxylic acids is 2. The first-order valence-electron chi connectivity index (χ1n) is 9.81. The third kappa shape index (κ3) is 4.18. The van der Waals surface area contributed by atoms with Crippen molar-refractivity contribution in [1.29, 1.82) is 0 Å². The zero-order chi connectivity index (χ0) is 23.0. The number of hydrogen-bond acceptors (Lipinski definition) is 4. The molecule has 1 aliphatic heterocycles. The molecule has 0 N–H and O–H groups in total. The van der Waals surface area contributed by atoms with Gasteiger partial charge in [-0.05, 0) is 67.6 Å². The lowest BCUT2D eigenvalue weighted by molar-refractivity contribution is -0.123. The molecule has 0 unspecified atom stereocenters. The first-order chi connectivity index (χ1) is 15.3. The van der Waals surface area contributed by atoms with Crippen molar-refractivity contribution in [2.45, 2.75) is 20.4 Å². The molecule has 1 aliphatic rings. The van der Waals surface area contributed by atoms with Gasteiger partial charge in [0.25, 0.3) is 11.1 Å². The van der Waals surface area contributed by atoms with Gasteiger partial charge in [0.15, 0.2) is 0 Å². The predicted octanol–water partition coefficient (Wildman–Crippen LogP) is 6.65. The van der Waals surface area contributed by atoms with Gasteiger partial charge in [-0.1, -0.05) is 35.3 Å². The van der Waals surface area contributed by atoms with Crippen LogP contribution in [0, 0.1) is 13.8 Å². The summed E-state index contributed by atoms with van der Waals surface area (Å²) in [6.07, 6.45) is 1.76. The highest BCUT2D eigenvalue weighted by atomic mass is 35.5. The van der Waals surface area contributed by atoms with Crippen LogP contribution in [-0.4, -0.2) is 27.7 Å². The molecule has 0 bridgehead atoms. The van der Waals surface area contributed by atoms with Gasteiger partial charge in [0.2, 0.25) is 0 Å². The van der Waals surface area contributed by atoms with E-state index in [1.54, 1.807) is 31.4 Å². The summed E-state index contributed by atoms with van der Waals surface area (Å²) < 4.78 is 7.42. The van der Waals surface area contributed by atoms with Crippen molar-refractivity contribution in [2.75, 3.05) is 7.11 Å². The number of benzene rings is 2. The lowest BCUT2D eigenvalue weighted by Gasteiger charge is -2.14. The van der Waals surface area contributed by atoms with Gasteiger partial charge in [-0.3, -0.25) is 14.5 Å². The topological polar surface area (TPSA) is 51.5 Å². The second-order valence-corrected chi connectivity index (χ2v) is 9.14. The fraction of sp³-hybridized carbons (Fsp3) is 0.167. The molecule has 0 aliphatic carbocycles. The summed E-state index contributed by atoms with van der Waals surface area (Å²) in [7, 11) is 1.63. The van der Waals surface area contributed by atoms with Gasteiger partial charge < -0.3 is 9.30 Å². The van der Waals surface area contributed by atoms with Crippen LogP contribution < -0.4 is 4.74 Å². The molecular weight excluding hydrogens is 467 g/mol. The van der Waals surface area contributed by atoms with Gasteiger partial charge in [-0.25, -0.2) is 0 Å². The molecule has 0 atom stereocenters. The normalized spacial score (nSPS) is 15.2. The van der Waals surface area contributed by atoms with E-state index in [4.69, 9.17) is 27.9 Å². The van der Waals surface area contributed by atoms with Gasteiger partial charge in [0.05, 0.1) is 18.6 Å². The van der Waals surface area contributed by atoms with Crippen molar-refractivity contribution in [2.24, 2.45) is 0 Å². The van der Waals surface area contributed by atoms with Crippen LogP contribution in [0.2, 0.25) is 10.0 Å². The zero-order valence-electron chi connectivity index (χ0n) is 17.7. The van der Waals surface area contributed by atoms with Crippen LogP contribution in [-0.2, 0) is 11.3 Å². The molecule has 1 fully saturated rings. The van der Waals surface area contributed by atoms with Crippen LogP contribution in [0.3, 0.4) is 0 Å². The second kappa shape index (κ2) is 9.06. The number of hydrogen-bond donors (Lipinski definition) is 0. The molecule has 8 heteroatoms. The van der Waals surface area contributed by atoms with E-state index in [-0.39, 0.29) is 17.7 Å². The molecule has 5 nitrogen and oxygen atoms in total. The molecule has 4 rings (SSSR count). The van der Waals surface area contributed by atoms with Crippen molar-refractivity contribution in [3.63, 3.8) is 0 Å². The highest BCUT2D eigenvalue weighted by Crippen LogP contribution is 2.36. The fourth-order valence-corrected chi connectivity index (χ4v) is 5.05. The second-order valence-electron chi connectivity index (χ2n) is 7.33. The Kier molecular flexibility index (Phi) is 6.38. The Bertz CT molecular complexity index is 1250. The van der Waals surface area contributed by atoms with E-state index in [0.717, 1.165) is 40.2 Å². The number of halogens is 2. The molecule has 164 valence electrons. The van der Waals surface area contributed by atoms with E-state index in [9.17, 15) is 9.59 Å².